The summed E-state index contributed by atoms with van der Waals surface area (Å²) in [5, 5.41) is 20.7. The number of hydrogen-bond acceptors (Lipinski definition) is 6. The molecule has 0 aromatic carbocycles. The van der Waals surface area contributed by atoms with Crippen molar-refractivity contribution in [2.24, 2.45) is 15.4 Å². The molecule has 1 N–H and O–H groups in total. The molecule has 18 heavy (non-hydrogen) atoms. The van der Waals surface area contributed by atoms with E-state index in [1.807, 2.05) is 6.07 Å². The minimum Gasteiger partial charge on any atom is -0.315 e. The third kappa shape index (κ3) is 2.44. The van der Waals surface area contributed by atoms with Crippen LogP contribution in [0.15, 0.2) is 25.3 Å². The van der Waals surface area contributed by atoms with Gasteiger partial charge >= 0.3 is 0 Å². The van der Waals surface area contributed by atoms with Crippen molar-refractivity contribution in [3.63, 3.8) is 0 Å². The van der Waals surface area contributed by atoms with Crippen molar-refractivity contribution in [3.8, 4) is 6.07 Å². The molecular weight excluding hydrogens is 274 g/mol. The molecule has 1 aliphatic rings. The van der Waals surface area contributed by atoms with E-state index in [4.69, 9.17) is 16.9 Å². The Morgan fingerprint density at radius 3 is 3.00 bits per heavy atom. The topological polar surface area (TPSA) is 93.7 Å². The number of nitrogens with zero attached hydrogens (tertiary/aromatic N) is 4. The highest BCUT2D eigenvalue weighted by Crippen LogP contribution is 2.25. The van der Waals surface area contributed by atoms with E-state index in [9.17, 15) is 4.79 Å². The summed E-state index contributed by atoms with van der Waals surface area (Å²) in [5.41, 5.74) is 1.29. The van der Waals surface area contributed by atoms with E-state index >= 15 is 0 Å². The number of H-pyrrole nitrogens is 1. The fourth-order valence-corrected chi connectivity index (χ4v) is 2.49. The van der Waals surface area contributed by atoms with Crippen LogP contribution in [-0.2, 0) is 0 Å². The SMILES string of the molecule is Cc1c(C#N)c(SCC2=NN=NC2)[nH]c(=O)c1Cl. The summed E-state index contributed by atoms with van der Waals surface area (Å²) in [7, 11) is 0. The Labute approximate surface area is 112 Å². The second kappa shape index (κ2) is 5.33. The van der Waals surface area contributed by atoms with E-state index < -0.39 is 5.56 Å². The summed E-state index contributed by atoms with van der Waals surface area (Å²) >= 11 is 7.12. The Morgan fingerprint density at radius 1 is 1.61 bits per heavy atom. The zero-order chi connectivity index (χ0) is 13.1. The molecule has 1 aliphatic heterocycles. The monoisotopic (exact) mass is 281 g/mol. The molecule has 8 heteroatoms. The van der Waals surface area contributed by atoms with E-state index in [2.05, 4.69) is 20.4 Å². The summed E-state index contributed by atoms with van der Waals surface area (Å²) in [6.45, 7) is 2.11. The summed E-state index contributed by atoms with van der Waals surface area (Å²) in [6.07, 6.45) is 0. The lowest BCUT2D eigenvalue weighted by molar-refractivity contribution is 1.04. The highest BCUT2D eigenvalue weighted by Gasteiger charge is 2.14. The first-order valence-electron chi connectivity index (χ1n) is 5.01. The molecule has 0 spiro atoms. The van der Waals surface area contributed by atoms with Gasteiger partial charge in [-0.05, 0) is 17.7 Å². The Kier molecular flexibility index (Phi) is 3.79. The molecule has 0 amide bonds. The molecule has 0 bridgehead atoms. The lowest BCUT2D eigenvalue weighted by Gasteiger charge is -2.06. The standard InChI is InChI=1S/C10H8ClN5OS/c1-5-7(2-12)10(14-9(17)8(5)11)18-4-6-3-13-16-15-6/h3-4H2,1H3,(H,14,17). The number of rotatable bonds is 3. The predicted octanol–water partition coefficient (Wildman–Crippen LogP) is 2.12. The van der Waals surface area contributed by atoms with Crippen molar-refractivity contribution in [3.05, 3.63) is 26.5 Å². The summed E-state index contributed by atoms with van der Waals surface area (Å²) in [5.74, 6) is 0.526. The Bertz CT molecular complexity index is 643. The van der Waals surface area contributed by atoms with Crippen LogP contribution in [0.2, 0.25) is 5.02 Å². The van der Waals surface area contributed by atoms with Crippen molar-refractivity contribution < 1.29 is 0 Å². The normalized spacial score (nSPS) is 13.5. The number of halogens is 1. The molecular formula is C10H8ClN5OS. The van der Waals surface area contributed by atoms with Gasteiger partial charge in [-0.15, -0.1) is 16.9 Å². The van der Waals surface area contributed by atoms with Crippen molar-refractivity contribution in [2.75, 3.05) is 12.3 Å². The largest absolute Gasteiger partial charge is 0.315 e. The second-order valence-electron chi connectivity index (χ2n) is 3.55. The van der Waals surface area contributed by atoms with Gasteiger partial charge in [-0.3, -0.25) is 4.79 Å². The Morgan fingerprint density at radius 2 is 2.39 bits per heavy atom. The molecule has 0 fully saturated rings. The first-order valence-corrected chi connectivity index (χ1v) is 6.37. The average Bonchev–Trinajstić information content (AvgIpc) is 2.86. The van der Waals surface area contributed by atoms with Crippen LogP contribution in [0.3, 0.4) is 0 Å². The van der Waals surface area contributed by atoms with Crippen molar-refractivity contribution in [1.82, 2.24) is 4.98 Å². The number of pyridine rings is 1. The predicted molar refractivity (Wildman–Crippen MR) is 69.4 cm³/mol. The number of aromatic nitrogens is 1. The van der Waals surface area contributed by atoms with Gasteiger partial charge in [-0.25, -0.2) is 0 Å². The van der Waals surface area contributed by atoms with E-state index in [0.717, 1.165) is 5.71 Å². The van der Waals surface area contributed by atoms with Gasteiger partial charge in [-0.1, -0.05) is 11.6 Å². The summed E-state index contributed by atoms with van der Waals surface area (Å²) in [4.78, 5) is 14.1. The number of thioether (sulfide) groups is 1. The lowest BCUT2D eigenvalue weighted by atomic mass is 10.2. The lowest BCUT2D eigenvalue weighted by Crippen LogP contribution is -2.12. The van der Waals surface area contributed by atoms with E-state index in [-0.39, 0.29) is 5.02 Å². The van der Waals surface area contributed by atoms with Gasteiger partial charge in [0.05, 0.1) is 16.3 Å². The molecule has 0 aliphatic carbocycles. The average molecular weight is 282 g/mol. The van der Waals surface area contributed by atoms with Crippen LogP contribution in [0, 0.1) is 18.3 Å². The van der Waals surface area contributed by atoms with Crippen LogP contribution in [0.5, 0.6) is 0 Å². The first kappa shape index (κ1) is 12.8. The molecule has 6 nitrogen and oxygen atoms in total. The molecule has 0 saturated carbocycles. The minimum absolute atomic E-state index is 0.0547. The summed E-state index contributed by atoms with van der Waals surface area (Å²) in [6, 6.07) is 2.05. The molecule has 92 valence electrons. The van der Waals surface area contributed by atoms with Crippen molar-refractivity contribution in [1.29, 1.82) is 5.26 Å². The highest BCUT2D eigenvalue weighted by atomic mass is 35.5. The van der Waals surface area contributed by atoms with Gasteiger partial charge in [0.15, 0.2) is 0 Å². The molecule has 0 radical (unpaired) electrons. The maximum Gasteiger partial charge on any atom is 0.267 e. The molecule has 0 atom stereocenters. The second-order valence-corrected chi connectivity index (χ2v) is 4.92. The molecule has 0 unspecified atom stereocenters. The van der Waals surface area contributed by atoms with E-state index in [0.29, 0.717) is 28.5 Å². The van der Waals surface area contributed by atoms with Crippen LogP contribution in [-0.4, -0.2) is 23.0 Å². The van der Waals surface area contributed by atoms with Crippen LogP contribution in [0.1, 0.15) is 11.1 Å². The van der Waals surface area contributed by atoms with Gasteiger partial charge in [0.2, 0.25) is 0 Å². The first-order chi connectivity index (χ1) is 8.63. The van der Waals surface area contributed by atoms with Crippen LogP contribution in [0.4, 0.5) is 0 Å². The highest BCUT2D eigenvalue weighted by molar-refractivity contribution is 8.00. The summed E-state index contributed by atoms with van der Waals surface area (Å²) < 4.78 is 0. The molecule has 2 rings (SSSR count). The van der Waals surface area contributed by atoms with E-state index in [1.165, 1.54) is 11.8 Å². The smallest absolute Gasteiger partial charge is 0.267 e. The van der Waals surface area contributed by atoms with Crippen LogP contribution >= 0.6 is 23.4 Å². The Balaban J connectivity index is 2.27. The zero-order valence-corrected chi connectivity index (χ0v) is 11.0. The van der Waals surface area contributed by atoms with Gasteiger partial charge < -0.3 is 4.98 Å². The maximum absolute atomic E-state index is 11.5. The van der Waals surface area contributed by atoms with Gasteiger partial charge in [0.25, 0.3) is 5.56 Å². The number of hydrogen-bond donors (Lipinski definition) is 1. The Hall–Kier alpha value is -1.65. The molecule has 0 saturated heterocycles. The van der Waals surface area contributed by atoms with Crippen molar-refractivity contribution >= 4 is 29.1 Å². The molecule has 1 aromatic rings. The molecule has 1 aromatic heterocycles. The van der Waals surface area contributed by atoms with Crippen LogP contribution in [0.25, 0.3) is 0 Å². The van der Waals surface area contributed by atoms with Crippen LogP contribution < -0.4 is 5.56 Å². The van der Waals surface area contributed by atoms with Gasteiger partial charge in [0, 0.05) is 5.75 Å². The third-order valence-electron chi connectivity index (χ3n) is 2.36. The number of nitriles is 1. The maximum atomic E-state index is 11.5. The number of aromatic amines is 1. The fraction of sp³-hybridized carbons (Fsp3) is 0.300. The number of nitrogens with one attached hydrogen (secondary N) is 1. The van der Waals surface area contributed by atoms with Gasteiger partial charge in [0.1, 0.15) is 17.6 Å². The quantitative estimate of drug-likeness (QED) is 0.860. The zero-order valence-electron chi connectivity index (χ0n) is 9.40. The minimum atomic E-state index is -0.390. The fourth-order valence-electron chi connectivity index (χ4n) is 1.38. The van der Waals surface area contributed by atoms with E-state index in [1.54, 1.807) is 6.92 Å². The van der Waals surface area contributed by atoms with Gasteiger partial charge in [-0.2, -0.15) is 10.4 Å². The molecule has 2 heterocycles. The third-order valence-corrected chi connectivity index (χ3v) is 3.88. The van der Waals surface area contributed by atoms with Crippen molar-refractivity contribution in [2.45, 2.75) is 11.9 Å².